The first-order valence-corrected chi connectivity index (χ1v) is 6.99. The van der Waals surface area contributed by atoms with Crippen molar-refractivity contribution < 1.29 is 14.6 Å². The largest absolute Gasteiger partial charge is 0.504 e. The highest BCUT2D eigenvalue weighted by Gasteiger charge is 2.00. The SMILES string of the molecule is COc1cc(C=CC(=O)C=Cc2ccc(Cl)cc2)ccc1O. The number of ketones is 1. The number of ether oxygens (including phenoxy) is 1. The van der Waals surface area contributed by atoms with Crippen molar-refractivity contribution >= 4 is 29.5 Å². The molecule has 2 aromatic carbocycles. The zero-order valence-electron chi connectivity index (χ0n) is 12.0. The average molecular weight is 315 g/mol. The first kappa shape index (κ1) is 15.9. The molecule has 2 aromatic rings. The lowest BCUT2D eigenvalue weighted by molar-refractivity contribution is -0.110. The van der Waals surface area contributed by atoms with E-state index < -0.39 is 0 Å². The Kier molecular flexibility index (Phi) is 5.39. The molecule has 0 unspecified atom stereocenters. The number of methoxy groups -OCH3 is 1. The minimum Gasteiger partial charge on any atom is -0.504 e. The topological polar surface area (TPSA) is 46.5 Å². The van der Waals surface area contributed by atoms with Crippen LogP contribution in [0.25, 0.3) is 12.2 Å². The Balaban J connectivity index is 2.03. The molecular weight excluding hydrogens is 300 g/mol. The summed E-state index contributed by atoms with van der Waals surface area (Å²) < 4.78 is 5.01. The fourth-order valence-corrected chi connectivity index (χ4v) is 1.91. The number of allylic oxidation sites excluding steroid dienone is 2. The molecule has 0 fully saturated rings. The summed E-state index contributed by atoms with van der Waals surface area (Å²) in [5, 5.41) is 10.2. The summed E-state index contributed by atoms with van der Waals surface area (Å²) in [5.74, 6) is 0.293. The molecule has 1 N–H and O–H groups in total. The van der Waals surface area contributed by atoms with E-state index in [4.69, 9.17) is 16.3 Å². The van der Waals surface area contributed by atoms with Crippen molar-refractivity contribution in [3.05, 3.63) is 70.8 Å². The number of phenols is 1. The molecule has 0 aromatic heterocycles. The van der Waals surface area contributed by atoms with E-state index in [9.17, 15) is 9.90 Å². The number of rotatable bonds is 5. The summed E-state index contributed by atoms with van der Waals surface area (Å²) in [7, 11) is 1.47. The van der Waals surface area contributed by atoms with Gasteiger partial charge in [-0.3, -0.25) is 4.79 Å². The summed E-state index contributed by atoms with van der Waals surface area (Å²) >= 11 is 5.80. The van der Waals surface area contributed by atoms with Gasteiger partial charge in [-0.25, -0.2) is 0 Å². The monoisotopic (exact) mass is 314 g/mol. The Hall–Kier alpha value is -2.52. The lowest BCUT2D eigenvalue weighted by Crippen LogP contribution is -1.86. The van der Waals surface area contributed by atoms with Gasteiger partial charge in [0.1, 0.15) is 0 Å². The summed E-state index contributed by atoms with van der Waals surface area (Å²) in [6.07, 6.45) is 6.33. The minimum atomic E-state index is -0.137. The molecule has 2 rings (SSSR count). The maximum atomic E-state index is 11.8. The van der Waals surface area contributed by atoms with Crippen molar-refractivity contribution in [1.82, 2.24) is 0 Å². The van der Waals surface area contributed by atoms with E-state index in [1.54, 1.807) is 36.4 Å². The minimum absolute atomic E-state index is 0.0635. The maximum absolute atomic E-state index is 11.8. The molecular formula is C18H15ClO3. The molecule has 0 saturated heterocycles. The molecule has 4 heteroatoms. The summed E-state index contributed by atoms with van der Waals surface area (Å²) in [4.78, 5) is 11.8. The van der Waals surface area contributed by atoms with Crippen LogP contribution in [-0.2, 0) is 4.79 Å². The third-order valence-electron chi connectivity index (χ3n) is 2.95. The van der Waals surface area contributed by atoms with Crippen LogP contribution in [0.4, 0.5) is 0 Å². The van der Waals surface area contributed by atoms with Crippen LogP contribution in [0.1, 0.15) is 11.1 Å². The molecule has 0 spiro atoms. The Morgan fingerprint density at radius 1 is 1.05 bits per heavy atom. The van der Waals surface area contributed by atoms with Crippen molar-refractivity contribution in [2.45, 2.75) is 0 Å². The number of aromatic hydroxyl groups is 1. The van der Waals surface area contributed by atoms with Crippen LogP contribution in [0.3, 0.4) is 0 Å². The molecule has 112 valence electrons. The molecule has 0 atom stereocenters. The number of carbonyl (C=O) groups is 1. The standard InChI is InChI=1S/C18H15ClO3/c1-22-18-12-14(6-11-17(18)21)5-10-16(20)9-4-13-2-7-15(19)8-3-13/h2-12,21H,1H3. The van der Waals surface area contributed by atoms with Crippen LogP contribution in [0.5, 0.6) is 11.5 Å². The molecule has 0 aliphatic carbocycles. The molecule has 0 saturated carbocycles. The van der Waals surface area contributed by atoms with Gasteiger partial charge in [-0.05, 0) is 47.5 Å². The van der Waals surface area contributed by atoms with Crippen LogP contribution in [0, 0.1) is 0 Å². The number of carbonyl (C=O) groups excluding carboxylic acids is 1. The fourth-order valence-electron chi connectivity index (χ4n) is 1.78. The highest BCUT2D eigenvalue weighted by Crippen LogP contribution is 2.26. The fraction of sp³-hybridized carbons (Fsp3) is 0.0556. The number of phenolic OH excluding ortho intramolecular Hbond substituents is 1. The van der Waals surface area contributed by atoms with Crippen molar-refractivity contribution in [1.29, 1.82) is 0 Å². The quantitative estimate of drug-likeness (QED) is 0.835. The van der Waals surface area contributed by atoms with Crippen LogP contribution >= 0.6 is 11.6 Å². The number of hydrogen-bond donors (Lipinski definition) is 1. The Morgan fingerprint density at radius 3 is 2.27 bits per heavy atom. The van der Waals surface area contributed by atoms with E-state index >= 15 is 0 Å². The summed E-state index contributed by atoms with van der Waals surface area (Å²) in [5.41, 5.74) is 1.67. The molecule has 0 aliphatic heterocycles. The second-order valence-electron chi connectivity index (χ2n) is 4.55. The van der Waals surface area contributed by atoms with Gasteiger partial charge in [0.05, 0.1) is 7.11 Å². The van der Waals surface area contributed by atoms with Crippen molar-refractivity contribution in [3.8, 4) is 11.5 Å². The van der Waals surface area contributed by atoms with Gasteiger partial charge >= 0.3 is 0 Å². The zero-order chi connectivity index (χ0) is 15.9. The molecule has 0 amide bonds. The van der Waals surface area contributed by atoms with E-state index in [0.717, 1.165) is 11.1 Å². The van der Waals surface area contributed by atoms with Crippen molar-refractivity contribution in [3.63, 3.8) is 0 Å². The van der Waals surface area contributed by atoms with Gasteiger partial charge in [0.2, 0.25) is 0 Å². The molecule has 0 radical (unpaired) electrons. The third kappa shape index (κ3) is 4.50. The van der Waals surface area contributed by atoms with Gasteiger partial charge in [0.15, 0.2) is 17.3 Å². The Morgan fingerprint density at radius 2 is 1.64 bits per heavy atom. The van der Waals surface area contributed by atoms with Gasteiger partial charge in [-0.15, -0.1) is 0 Å². The van der Waals surface area contributed by atoms with Gasteiger partial charge in [-0.1, -0.05) is 42.0 Å². The van der Waals surface area contributed by atoms with Gasteiger partial charge in [0.25, 0.3) is 0 Å². The van der Waals surface area contributed by atoms with Crippen molar-refractivity contribution in [2.24, 2.45) is 0 Å². The van der Waals surface area contributed by atoms with Gasteiger partial charge in [0, 0.05) is 5.02 Å². The second-order valence-corrected chi connectivity index (χ2v) is 4.99. The Bertz CT molecular complexity index is 716. The second kappa shape index (κ2) is 7.48. The summed E-state index contributed by atoms with van der Waals surface area (Å²) in [6, 6.07) is 12.1. The van der Waals surface area contributed by atoms with E-state index in [-0.39, 0.29) is 11.5 Å². The first-order chi connectivity index (χ1) is 10.6. The highest BCUT2D eigenvalue weighted by atomic mass is 35.5. The number of hydrogen-bond acceptors (Lipinski definition) is 3. The van der Waals surface area contributed by atoms with E-state index in [1.807, 2.05) is 12.1 Å². The molecule has 0 bridgehead atoms. The average Bonchev–Trinajstić information content (AvgIpc) is 2.53. The van der Waals surface area contributed by atoms with E-state index in [2.05, 4.69) is 0 Å². The van der Waals surface area contributed by atoms with Crippen molar-refractivity contribution in [2.75, 3.05) is 7.11 Å². The molecule has 3 nitrogen and oxygen atoms in total. The van der Waals surface area contributed by atoms with Gasteiger partial charge in [-0.2, -0.15) is 0 Å². The van der Waals surface area contributed by atoms with Crippen LogP contribution in [0.2, 0.25) is 5.02 Å². The number of benzene rings is 2. The molecule has 22 heavy (non-hydrogen) atoms. The predicted octanol–water partition coefficient (Wildman–Crippen LogP) is 4.35. The lowest BCUT2D eigenvalue weighted by Gasteiger charge is -2.03. The normalized spacial score (nSPS) is 11.2. The zero-order valence-corrected chi connectivity index (χ0v) is 12.7. The lowest BCUT2D eigenvalue weighted by atomic mass is 10.1. The third-order valence-corrected chi connectivity index (χ3v) is 3.21. The van der Waals surface area contributed by atoms with Crippen LogP contribution < -0.4 is 4.74 Å². The highest BCUT2D eigenvalue weighted by molar-refractivity contribution is 6.30. The molecule has 0 heterocycles. The molecule has 0 aliphatic rings. The van der Waals surface area contributed by atoms with E-state index in [0.29, 0.717) is 10.8 Å². The van der Waals surface area contributed by atoms with E-state index in [1.165, 1.54) is 25.3 Å². The Labute approximate surface area is 134 Å². The predicted molar refractivity (Wildman–Crippen MR) is 89.2 cm³/mol. The van der Waals surface area contributed by atoms with Gasteiger partial charge < -0.3 is 9.84 Å². The van der Waals surface area contributed by atoms with Crippen LogP contribution in [-0.4, -0.2) is 18.0 Å². The first-order valence-electron chi connectivity index (χ1n) is 6.61. The number of halogens is 1. The summed E-state index contributed by atoms with van der Waals surface area (Å²) in [6.45, 7) is 0. The van der Waals surface area contributed by atoms with Crippen LogP contribution in [0.15, 0.2) is 54.6 Å². The smallest absolute Gasteiger partial charge is 0.178 e. The maximum Gasteiger partial charge on any atom is 0.178 e.